The van der Waals surface area contributed by atoms with Gasteiger partial charge in [-0.2, -0.15) is 0 Å². The molecule has 0 saturated heterocycles. The molecule has 2 N–H and O–H groups in total. The Labute approximate surface area is 92.6 Å². The third kappa shape index (κ3) is 9.27. The highest BCUT2D eigenvalue weighted by molar-refractivity contribution is 8.13. The molecule has 0 spiro atoms. The highest BCUT2D eigenvalue weighted by atomic mass is 32.2. The Hall–Kier alpha value is -1.04. The monoisotopic (exact) mass is 233 g/mol. The summed E-state index contributed by atoms with van der Waals surface area (Å²) in [5.74, 6) is -0.527. The number of carboxylic acids is 1. The average molecular weight is 233 g/mol. The zero-order valence-electron chi connectivity index (χ0n) is 8.62. The van der Waals surface area contributed by atoms with Gasteiger partial charge in [-0.25, -0.2) is 0 Å². The minimum Gasteiger partial charge on any atom is -0.481 e. The molecule has 0 aromatic carbocycles. The lowest BCUT2D eigenvalue weighted by molar-refractivity contribution is -0.138. The Morgan fingerprint density at radius 3 is 2.47 bits per heavy atom. The summed E-state index contributed by atoms with van der Waals surface area (Å²) < 4.78 is 0. The van der Waals surface area contributed by atoms with Crippen molar-refractivity contribution in [3.8, 4) is 0 Å². The number of hydrogen-bond acceptors (Lipinski definition) is 4. The van der Waals surface area contributed by atoms with Crippen molar-refractivity contribution >= 4 is 28.8 Å². The SMILES string of the molecule is CCC(=O)NCCSC(=O)CCC(=O)O. The molecule has 0 aliphatic carbocycles. The molecule has 5 nitrogen and oxygen atoms in total. The lowest BCUT2D eigenvalue weighted by Crippen LogP contribution is -2.24. The molecule has 0 rings (SSSR count). The number of hydrogen-bond donors (Lipinski definition) is 2. The van der Waals surface area contributed by atoms with Gasteiger partial charge in [-0.1, -0.05) is 18.7 Å². The first kappa shape index (κ1) is 14.0. The minimum absolute atomic E-state index is 0.0434. The van der Waals surface area contributed by atoms with Gasteiger partial charge in [0, 0.05) is 25.1 Å². The van der Waals surface area contributed by atoms with Crippen molar-refractivity contribution in [2.45, 2.75) is 26.2 Å². The molecule has 0 aromatic rings. The van der Waals surface area contributed by atoms with E-state index in [1.807, 2.05) is 0 Å². The molecule has 0 fully saturated rings. The molecule has 0 heterocycles. The van der Waals surface area contributed by atoms with E-state index in [4.69, 9.17) is 5.11 Å². The van der Waals surface area contributed by atoms with Crippen LogP contribution >= 0.6 is 11.8 Å². The number of thioether (sulfide) groups is 1. The van der Waals surface area contributed by atoms with Gasteiger partial charge in [-0.05, 0) is 0 Å². The predicted molar refractivity (Wildman–Crippen MR) is 57.6 cm³/mol. The maximum Gasteiger partial charge on any atom is 0.303 e. The van der Waals surface area contributed by atoms with Crippen LogP contribution in [0.1, 0.15) is 26.2 Å². The van der Waals surface area contributed by atoms with E-state index in [1.165, 1.54) is 0 Å². The molecule has 0 aliphatic heterocycles. The van der Waals surface area contributed by atoms with Crippen molar-refractivity contribution in [1.29, 1.82) is 0 Å². The molecular weight excluding hydrogens is 218 g/mol. The molecule has 0 aliphatic rings. The molecule has 1 amide bonds. The predicted octanol–water partition coefficient (Wildman–Crippen LogP) is 0.637. The maximum absolute atomic E-state index is 11.0. The van der Waals surface area contributed by atoms with Crippen molar-refractivity contribution in [2.24, 2.45) is 0 Å². The Kier molecular flexibility index (Phi) is 7.71. The van der Waals surface area contributed by atoms with E-state index in [2.05, 4.69) is 5.32 Å². The van der Waals surface area contributed by atoms with Crippen LogP contribution in [-0.2, 0) is 14.4 Å². The Balaban J connectivity index is 3.39. The molecule has 86 valence electrons. The summed E-state index contributed by atoms with van der Waals surface area (Å²) >= 11 is 1.05. The van der Waals surface area contributed by atoms with Crippen molar-refractivity contribution < 1.29 is 19.5 Å². The third-order valence-electron chi connectivity index (χ3n) is 1.55. The van der Waals surface area contributed by atoms with Crippen LogP contribution in [0.4, 0.5) is 0 Å². The van der Waals surface area contributed by atoms with E-state index in [1.54, 1.807) is 6.92 Å². The first-order valence-electron chi connectivity index (χ1n) is 4.70. The smallest absolute Gasteiger partial charge is 0.303 e. The van der Waals surface area contributed by atoms with Crippen LogP contribution in [0.3, 0.4) is 0 Å². The second kappa shape index (κ2) is 8.28. The summed E-state index contributed by atoms with van der Waals surface area (Å²) in [6, 6.07) is 0. The van der Waals surface area contributed by atoms with E-state index in [0.717, 1.165) is 11.8 Å². The van der Waals surface area contributed by atoms with Gasteiger partial charge >= 0.3 is 5.97 Å². The fourth-order valence-corrected chi connectivity index (χ4v) is 1.44. The summed E-state index contributed by atoms with van der Waals surface area (Å²) in [5.41, 5.74) is 0. The summed E-state index contributed by atoms with van der Waals surface area (Å²) in [4.78, 5) is 32.0. The van der Waals surface area contributed by atoms with Gasteiger partial charge in [0.15, 0.2) is 5.12 Å². The summed E-state index contributed by atoms with van der Waals surface area (Å²) in [5, 5.41) is 10.8. The van der Waals surface area contributed by atoms with E-state index >= 15 is 0 Å². The second-order valence-electron chi connectivity index (χ2n) is 2.82. The molecule has 0 unspecified atom stereocenters. The number of nitrogens with one attached hydrogen (secondary N) is 1. The van der Waals surface area contributed by atoms with E-state index in [0.29, 0.717) is 18.7 Å². The number of aliphatic carboxylic acids is 1. The highest BCUT2D eigenvalue weighted by Gasteiger charge is 2.05. The number of rotatable bonds is 7. The largest absolute Gasteiger partial charge is 0.481 e. The molecule has 0 saturated carbocycles. The van der Waals surface area contributed by atoms with Gasteiger partial charge in [0.05, 0.1) is 6.42 Å². The number of carbonyl (C=O) groups excluding carboxylic acids is 2. The van der Waals surface area contributed by atoms with Gasteiger partial charge < -0.3 is 10.4 Å². The van der Waals surface area contributed by atoms with Gasteiger partial charge in [0.25, 0.3) is 0 Å². The van der Waals surface area contributed by atoms with Crippen molar-refractivity contribution in [2.75, 3.05) is 12.3 Å². The average Bonchev–Trinajstić information content (AvgIpc) is 2.21. The van der Waals surface area contributed by atoms with Crippen molar-refractivity contribution in [3.05, 3.63) is 0 Å². The quantitative estimate of drug-likeness (QED) is 0.630. The molecular formula is C9H15NO4S. The van der Waals surface area contributed by atoms with E-state index < -0.39 is 5.97 Å². The van der Waals surface area contributed by atoms with Crippen LogP contribution in [0.5, 0.6) is 0 Å². The minimum atomic E-state index is -0.969. The lowest BCUT2D eigenvalue weighted by Gasteiger charge is -2.02. The van der Waals surface area contributed by atoms with Gasteiger partial charge in [-0.15, -0.1) is 0 Å². The van der Waals surface area contributed by atoms with Gasteiger partial charge in [0.2, 0.25) is 5.91 Å². The second-order valence-corrected chi connectivity index (χ2v) is 3.97. The van der Waals surface area contributed by atoms with Crippen LogP contribution in [0.25, 0.3) is 0 Å². The maximum atomic E-state index is 11.0. The van der Waals surface area contributed by atoms with Crippen LogP contribution in [0.15, 0.2) is 0 Å². The Bertz CT molecular complexity index is 242. The van der Waals surface area contributed by atoms with Gasteiger partial charge in [-0.3, -0.25) is 14.4 Å². The summed E-state index contributed by atoms with van der Waals surface area (Å²) in [6.07, 6.45) is 0.340. The molecule has 0 radical (unpaired) electrons. The van der Waals surface area contributed by atoms with E-state index in [-0.39, 0.29) is 23.9 Å². The zero-order chi connectivity index (χ0) is 11.7. The normalized spacial score (nSPS) is 9.67. The Morgan fingerprint density at radius 2 is 1.93 bits per heavy atom. The zero-order valence-corrected chi connectivity index (χ0v) is 9.43. The van der Waals surface area contributed by atoms with Crippen molar-refractivity contribution in [3.63, 3.8) is 0 Å². The number of carbonyl (C=O) groups is 3. The standard InChI is InChI=1S/C9H15NO4S/c1-2-7(11)10-5-6-15-9(14)4-3-8(12)13/h2-6H2,1H3,(H,10,11)(H,12,13). The molecule has 15 heavy (non-hydrogen) atoms. The van der Waals surface area contributed by atoms with Crippen LogP contribution in [0.2, 0.25) is 0 Å². The van der Waals surface area contributed by atoms with Gasteiger partial charge in [0.1, 0.15) is 0 Å². The fraction of sp³-hybridized carbons (Fsp3) is 0.667. The number of carboxylic acid groups (broad SMARTS) is 1. The van der Waals surface area contributed by atoms with Crippen LogP contribution in [-0.4, -0.2) is 34.4 Å². The summed E-state index contributed by atoms with van der Waals surface area (Å²) in [6.45, 7) is 2.19. The first-order chi connectivity index (χ1) is 7.06. The highest BCUT2D eigenvalue weighted by Crippen LogP contribution is 2.06. The molecule has 6 heteroatoms. The van der Waals surface area contributed by atoms with Crippen molar-refractivity contribution in [1.82, 2.24) is 5.32 Å². The molecule has 0 atom stereocenters. The third-order valence-corrected chi connectivity index (χ3v) is 2.49. The first-order valence-corrected chi connectivity index (χ1v) is 5.69. The number of amides is 1. The Morgan fingerprint density at radius 1 is 1.27 bits per heavy atom. The summed E-state index contributed by atoms with van der Waals surface area (Å²) in [7, 11) is 0. The van der Waals surface area contributed by atoms with Crippen LogP contribution < -0.4 is 5.32 Å². The fourth-order valence-electron chi connectivity index (χ4n) is 0.761. The lowest BCUT2D eigenvalue weighted by atomic mass is 10.3. The van der Waals surface area contributed by atoms with Crippen LogP contribution in [0, 0.1) is 0 Å². The molecule has 0 bridgehead atoms. The van der Waals surface area contributed by atoms with E-state index in [9.17, 15) is 14.4 Å². The molecule has 0 aromatic heterocycles. The topological polar surface area (TPSA) is 83.5 Å².